The van der Waals surface area contributed by atoms with Gasteiger partial charge in [-0.3, -0.25) is 4.79 Å². The molecule has 1 amide bonds. The third kappa shape index (κ3) is 4.23. The van der Waals surface area contributed by atoms with E-state index in [-0.39, 0.29) is 34.5 Å². The smallest absolute Gasteiger partial charge is 0.275 e. The van der Waals surface area contributed by atoms with Crippen LogP contribution in [-0.2, 0) is 10.3 Å². The minimum Gasteiger partial charge on any atom is -0.379 e. The van der Waals surface area contributed by atoms with Gasteiger partial charge in [-0.25, -0.2) is 37.8 Å². The zero-order valence-electron chi connectivity index (χ0n) is 18.2. The summed E-state index contributed by atoms with van der Waals surface area (Å²) in [5.74, 6) is -4.70. The molecule has 5 rings (SSSR count). The van der Waals surface area contributed by atoms with Gasteiger partial charge in [0.15, 0.2) is 11.0 Å². The molecule has 0 aliphatic carbocycles. The first-order valence-electron chi connectivity index (χ1n) is 10.4. The van der Waals surface area contributed by atoms with Gasteiger partial charge in [0.2, 0.25) is 0 Å². The number of anilines is 1. The Morgan fingerprint density at radius 3 is 2.86 bits per heavy atom. The monoisotopic (exact) mass is 504 g/mol. The molecule has 0 spiro atoms. The average Bonchev–Trinajstić information content (AvgIpc) is 3.48. The van der Waals surface area contributed by atoms with Crippen LogP contribution in [0.4, 0.5) is 18.9 Å². The fourth-order valence-corrected chi connectivity index (χ4v) is 5.31. The van der Waals surface area contributed by atoms with Gasteiger partial charge in [0.1, 0.15) is 35.8 Å². The van der Waals surface area contributed by atoms with Crippen molar-refractivity contribution < 1.29 is 22.7 Å². The lowest BCUT2D eigenvalue weighted by Crippen LogP contribution is -2.46. The zero-order valence-corrected chi connectivity index (χ0v) is 19.0. The van der Waals surface area contributed by atoms with E-state index < -0.39 is 35.2 Å². The average molecular weight is 504 g/mol. The van der Waals surface area contributed by atoms with Crippen molar-refractivity contribution in [3.05, 3.63) is 60.3 Å². The van der Waals surface area contributed by atoms with Crippen LogP contribution in [0.2, 0.25) is 0 Å². The molecule has 14 heteroatoms. The number of rotatable bonds is 5. The number of amidine groups is 1. The third-order valence-electron chi connectivity index (χ3n) is 5.90. The van der Waals surface area contributed by atoms with Gasteiger partial charge in [-0.15, -0.1) is 0 Å². The van der Waals surface area contributed by atoms with Crippen LogP contribution in [0.25, 0.3) is 5.82 Å². The molecule has 3 N–H and O–H groups in total. The summed E-state index contributed by atoms with van der Waals surface area (Å²) >= 11 is 1.12. The minimum atomic E-state index is -3.16. The Balaban J connectivity index is 1.44. The molecule has 3 atom stereocenters. The standard InChI is InChI=1S/C21H19F3N8O2S/c1-20(23,24)17-13-7-35-19(25)31-21(13,8-34-17)12-4-11(2-3-14(12)22)30-18(33)15-5-28-16(6-27-15)32-10-26-9-29-32/h2-6,9-10,13,17H,7-8H2,1H3,(H2,25,31)(H,30,33)/t13-,17?,21-/m1/s1. The highest BCUT2D eigenvalue weighted by Gasteiger charge is 2.59. The Labute approximate surface area is 201 Å². The summed E-state index contributed by atoms with van der Waals surface area (Å²) in [6, 6.07) is 3.86. The van der Waals surface area contributed by atoms with E-state index in [1.165, 1.54) is 41.9 Å². The molecule has 1 saturated heterocycles. The predicted molar refractivity (Wildman–Crippen MR) is 121 cm³/mol. The lowest BCUT2D eigenvalue weighted by molar-refractivity contribution is -0.113. The van der Waals surface area contributed by atoms with Gasteiger partial charge in [-0.05, 0) is 18.2 Å². The van der Waals surface area contributed by atoms with Gasteiger partial charge in [0.05, 0.1) is 19.0 Å². The number of aliphatic imine (C=N–C) groups is 1. The summed E-state index contributed by atoms with van der Waals surface area (Å²) < 4.78 is 50.4. The van der Waals surface area contributed by atoms with Crippen LogP contribution < -0.4 is 11.1 Å². The van der Waals surface area contributed by atoms with Crippen LogP contribution in [0, 0.1) is 11.7 Å². The number of alkyl halides is 2. The Kier molecular flexibility index (Phi) is 5.71. The van der Waals surface area contributed by atoms with E-state index in [2.05, 4.69) is 30.4 Å². The number of aromatic nitrogens is 5. The van der Waals surface area contributed by atoms with Crippen LogP contribution in [-0.4, -0.2) is 60.2 Å². The minimum absolute atomic E-state index is 0.00185. The van der Waals surface area contributed by atoms with Crippen molar-refractivity contribution in [1.82, 2.24) is 24.7 Å². The number of fused-ring (bicyclic) bond motifs is 1. The molecule has 0 saturated carbocycles. The first kappa shape index (κ1) is 23.2. The zero-order chi connectivity index (χ0) is 24.8. The number of nitrogens with zero attached hydrogens (tertiary/aromatic N) is 6. The fourth-order valence-electron chi connectivity index (χ4n) is 4.29. The molecule has 1 fully saturated rings. The molecule has 0 radical (unpaired) electrons. The summed E-state index contributed by atoms with van der Waals surface area (Å²) in [5, 5.41) is 6.72. The van der Waals surface area contributed by atoms with E-state index in [1.54, 1.807) is 0 Å². The van der Waals surface area contributed by atoms with Gasteiger partial charge in [-0.1, -0.05) is 11.8 Å². The normalized spacial score (nSPS) is 24.1. The second kappa shape index (κ2) is 8.61. The molecule has 1 aromatic carbocycles. The van der Waals surface area contributed by atoms with Crippen molar-refractivity contribution in [3.63, 3.8) is 0 Å². The van der Waals surface area contributed by atoms with Crippen molar-refractivity contribution >= 4 is 28.5 Å². The number of halogens is 3. The lowest BCUT2D eigenvalue weighted by atomic mass is 9.77. The lowest BCUT2D eigenvalue weighted by Gasteiger charge is -2.37. The molecule has 1 unspecified atom stereocenters. The van der Waals surface area contributed by atoms with E-state index in [0.717, 1.165) is 24.8 Å². The van der Waals surface area contributed by atoms with Crippen molar-refractivity contribution in [2.75, 3.05) is 17.7 Å². The number of amides is 1. The van der Waals surface area contributed by atoms with E-state index in [1.807, 2.05) is 0 Å². The molecule has 182 valence electrons. The summed E-state index contributed by atoms with van der Waals surface area (Å²) in [6.45, 7) is 0.499. The SMILES string of the molecule is CC(F)(F)C1OC[C@]2(c3cc(NC(=O)c4cnc(-n5cncn5)cn4)ccc3F)N=C(N)SC[C@H]12. The van der Waals surface area contributed by atoms with E-state index in [9.17, 15) is 13.6 Å². The molecular formula is C21H19F3N8O2S. The second-order valence-electron chi connectivity index (χ2n) is 8.23. The van der Waals surface area contributed by atoms with Crippen molar-refractivity contribution in [3.8, 4) is 5.82 Å². The summed E-state index contributed by atoms with van der Waals surface area (Å²) in [4.78, 5) is 29.1. The van der Waals surface area contributed by atoms with Crippen molar-refractivity contribution in [2.45, 2.75) is 24.5 Å². The van der Waals surface area contributed by atoms with E-state index >= 15 is 4.39 Å². The maximum atomic E-state index is 15.1. The number of carbonyl (C=O) groups excluding carboxylic acids is 1. The molecule has 10 nitrogen and oxygen atoms in total. The van der Waals surface area contributed by atoms with Crippen LogP contribution >= 0.6 is 11.8 Å². The highest BCUT2D eigenvalue weighted by Crippen LogP contribution is 2.51. The summed E-state index contributed by atoms with van der Waals surface area (Å²) in [7, 11) is 0. The summed E-state index contributed by atoms with van der Waals surface area (Å²) in [6.07, 6.45) is 3.92. The number of benzene rings is 1. The number of thioether (sulfide) groups is 1. The number of carbonyl (C=O) groups is 1. The number of ether oxygens (including phenoxy) is 1. The predicted octanol–water partition coefficient (Wildman–Crippen LogP) is 2.38. The van der Waals surface area contributed by atoms with Gasteiger partial charge in [-0.2, -0.15) is 5.10 Å². The Bertz CT molecular complexity index is 1280. The number of hydrogen-bond donors (Lipinski definition) is 2. The van der Waals surface area contributed by atoms with Gasteiger partial charge in [0.25, 0.3) is 11.8 Å². The molecule has 35 heavy (non-hydrogen) atoms. The fraction of sp³-hybridized carbons (Fsp3) is 0.333. The molecule has 2 aliphatic heterocycles. The van der Waals surface area contributed by atoms with Crippen LogP contribution in [0.3, 0.4) is 0 Å². The number of hydrogen-bond acceptors (Lipinski definition) is 9. The molecule has 2 aliphatic rings. The van der Waals surface area contributed by atoms with Crippen molar-refractivity contribution in [1.29, 1.82) is 0 Å². The largest absolute Gasteiger partial charge is 0.379 e. The maximum Gasteiger partial charge on any atom is 0.275 e. The van der Waals surface area contributed by atoms with E-state index in [4.69, 9.17) is 10.5 Å². The second-order valence-corrected chi connectivity index (χ2v) is 9.27. The van der Waals surface area contributed by atoms with Crippen LogP contribution in [0.15, 0.2) is 48.2 Å². The van der Waals surface area contributed by atoms with E-state index in [0.29, 0.717) is 5.82 Å². The van der Waals surface area contributed by atoms with Crippen molar-refractivity contribution in [2.24, 2.45) is 16.6 Å². The number of nitrogens with one attached hydrogen (secondary N) is 1. The molecule has 4 heterocycles. The third-order valence-corrected chi connectivity index (χ3v) is 6.81. The molecule has 3 aromatic rings. The van der Waals surface area contributed by atoms with Gasteiger partial charge < -0.3 is 15.8 Å². The van der Waals surface area contributed by atoms with Gasteiger partial charge >= 0.3 is 0 Å². The van der Waals surface area contributed by atoms with Crippen LogP contribution in [0.5, 0.6) is 0 Å². The Hall–Kier alpha value is -3.52. The summed E-state index contributed by atoms with van der Waals surface area (Å²) in [5.41, 5.74) is 4.71. The maximum absolute atomic E-state index is 15.1. The topological polar surface area (TPSA) is 133 Å². The Morgan fingerprint density at radius 1 is 1.34 bits per heavy atom. The first-order valence-corrected chi connectivity index (χ1v) is 11.4. The molecular weight excluding hydrogens is 485 g/mol. The highest BCUT2D eigenvalue weighted by molar-refractivity contribution is 8.13. The Morgan fingerprint density at radius 2 is 2.17 bits per heavy atom. The van der Waals surface area contributed by atoms with Crippen LogP contribution in [0.1, 0.15) is 23.0 Å². The molecule has 0 bridgehead atoms. The number of nitrogens with two attached hydrogens (primary N) is 1. The quantitative estimate of drug-likeness (QED) is 0.541. The first-order chi connectivity index (χ1) is 16.7. The highest BCUT2D eigenvalue weighted by atomic mass is 32.2. The van der Waals surface area contributed by atoms with Gasteiger partial charge in [0, 0.05) is 29.8 Å². The molecule has 2 aromatic heterocycles.